The topological polar surface area (TPSA) is 27.1 Å². The summed E-state index contributed by atoms with van der Waals surface area (Å²) in [6.07, 6.45) is 0. The molecular weight excluding hydrogens is 296 g/mol. The van der Waals surface area contributed by atoms with E-state index in [1.807, 2.05) is 43.3 Å². The minimum absolute atomic E-state index is 0.856. The first-order valence-electron chi connectivity index (χ1n) is 7.96. The molecule has 3 nitrogen and oxygen atoms in total. The van der Waals surface area contributed by atoms with Crippen molar-refractivity contribution in [3.8, 4) is 22.6 Å². The Balaban J connectivity index is 2.01. The van der Waals surface area contributed by atoms with E-state index >= 15 is 0 Å². The van der Waals surface area contributed by atoms with Crippen molar-refractivity contribution in [3.05, 3.63) is 78.6 Å². The summed E-state index contributed by atoms with van der Waals surface area (Å²) in [4.78, 5) is 4.67. The predicted molar refractivity (Wildman–Crippen MR) is 97.8 cm³/mol. The van der Waals surface area contributed by atoms with Crippen molar-refractivity contribution in [2.24, 2.45) is 0 Å². The molecule has 0 fully saturated rings. The van der Waals surface area contributed by atoms with Crippen LogP contribution in [-0.2, 0) is 0 Å². The number of aryl methyl sites for hydroxylation is 1. The number of rotatable bonds is 3. The van der Waals surface area contributed by atoms with Crippen molar-refractivity contribution in [1.82, 2.24) is 9.55 Å². The van der Waals surface area contributed by atoms with Crippen molar-refractivity contribution in [2.45, 2.75) is 6.92 Å². The fraction of sp³-hybridized carbons (Fsp3) is 0.0952. The molecular formula is C21H18N2O. The molecule has 4 aromatic rings. The van der Waals surface area contributed by atoms with Gasteiger partial charge in [0.15, 0.2) is 5.75 Å². The molecule has 4 rings (SSSR count). The first kappa shape index (κ1) is 14.5. The lowest BCUT2D eigenvalue weighted by molar-refractivity contribution is 0.414. The minimum Gasteiger partial charge on any atom is -0.494 e. The largest absolute Gasteiger partial charge is 0.494 e. The monoisotopic (exact) mass is 314 g/mol. The number of hydrogen-bond acceptors (Lipinski definition) is 2. The first-order chi connectivity index (χ1) is 11.8. The van der Waals surface area contributed by atoms with Gasteiger partial charge in [0, 0.05) is 5.56 Å². The van der Waals surface area contributed by atoms with Gasteiger partial charge < -0.3 is 4.74 Å². The van der Waals surface area contributed by atoms with E-state index in [-0.39, 0.29) is 0 Å². The Morgan fingerprint density at radius 3 is 2.38 bits per heavy atom. The average molecular weight is 314 g/mol. The van der Waals surface area contributed by atoms with Gasteiger partial charge in [0.2, 0.25) is 0 Å². The molecule has 24 heavy (non-hydrogen) atoms. The van der Waals surface area contributed by atoms with Crippen LogP contribution in [0.4, 0.5) is 0 Å². The lowest BCUT2D eigenvalue weighted by Crippen LogP contribution is -2.01. The Morgan fingerprint density at radius 2 is 1.58 bits per heavy atom. The SMILES string of the molecule is COc1c(-c2ccccc2)cccc1-n1c(C)nc2ccccc21. The molecule has 0 saturated heterocycles. The van der Waals surface area contributed by atoms with Crippen LogP contribution in [0.5, 0.6) is 5.75 Å². The number of imidazole rings is 1. The molecule has 118 valence electrons. The molecule has 0 aliphatic carbocycles. The van der Waals surface area contributed by atoms with Crippen LogP contribution in [-0.4, -0.2) is 16.7 Å². The van der Waals surface area contributed by atoms with Gasteiger partial charge in [0.1, 0.15) is 5.82 Å². The fourth-order valence-electron chi connectivity index (χ4n) is 3.21. The van der Waals surface area contributed by atoms with Gasteiger partial charge in [0.25, 0.3) is 0 Å². The maximum Gasteiger partial charge on any atom is 0.150 e. The summed E-state index contributed by atoms with van der Waals surface area (Å²) in [5.74, 6) is 1.80. The third-order valence-electron chi connectivity index (χ3n) is 4.25. The summed E-state index contributed by atoms with van der Waals surface area (Å²) in [5, 5.41) is 0. The van der Waals surface area contributed by atoms with Gasteiger partial charge in [-0.3, -0.25) is 4.57 Å². The Kier molecular flexibility index (Phi) is 3.54. The number of ether oxygens (including phenoxy) is 1. The maximum absolute atomic E-state index is 5.81. The van der Waals surface area contributed by atoms with Gasteiger partial charge in [-0.25, -0.2) is 4.98 Å². The smallest absolute Gasteiger partial charge is 0.150 e. The van der Waals surface area contributed by atoms with Crippen molar-refractivity contribution < 1.29 is 4.74 Å². The zero-order chi connectivity index (χ0) is 16.5. The zero-order valence-corrected chi connectivity index (χ0v) is 13.7. The molecule has 0 saturated carbocycles. The lowest BCUT2D eigenvalue weighted by Gasteiger charge is -2.16. The van der Waals surface area contributed by atoms with Gasteiger partial charge in [-0.15, -0.1) is 0 Å². The molecule has 0 unspecified atom stereocenters. The standard InChI is InChI=1S/C21H18N2O/c1-15-22-18-12-6-7-13-19(18)23(15)20-14-8-11-17(21(20)24-2)16-9-4-3-5-10-16/h3-14H,1-2H3. The van der Waals surface area contributed by atoms with Crippen LogP contribution in [0.3, 0.4) is 0 Å². The van der Waals surface area contributed by atoms with E-state index in [9.17, 15) is 0 Å². The number of hydrogen-bond donors (Lipinski definition) is 0. The Bertz CT molecular complexity index is 1000. The number of para-hydroxylation sites is 3. The molecule has 3 aromatic carbocycles. The molecule has 0 bridgehead atoms. The van der Waals surface area contributed by atoms with E-state index in [1.165, 1.54) is 0 Å². The van der Waals surface area contributed by atoms with Crippen LogP contribution in [0.1, 0.15) is 5.82 Å². The van der Waals surface area contributed by atoms with Crippen LogP contribution in [0, 0.1) is 6.92 Å². The molecule has 0 atom stereocenters. The number of aromatic nitrogens is 2. The number of fused-ring (bicyclic) bond motifs is 1. The summed E-state index contributed by atoms with van der Waals surface area (Å²) in [6, 6.07) is 24.7. The third kappa shape index (κ3) is 2.26. The molecule has 1 heterocycles. The maximum atomic E-state index is 5.81. The van der Waals surface area contributed by atoms with Crippen LogP contribution in [0.25, 0.3) is 27.8 Å². The van der Waals surface area contributed by atoms with Crippen molar-refractivity contribution >= 4 is 11.0 Å². The van der Waals surface area contributed by atoms with E-state index in [2.05, 4.69) is 45.9 Å². The van der Waals surface area contributed by atoms with Gasteiger partial charge >= 0.3 is 0 Å². The van der Waals surface area contributed by atoms with E-state index in [1.54, 1.807) is 7.11 Å². The molecule has 0 aliphatic heterocycles. The van der Waals surface area contributed by atoms with Crippen LogP contribution in [0.2, 0.25) is 0 Å². The number of nitrogens with zero attached hydrogens (tertiary/aromatic N) is 2. The molecule has 0 N–H and O–H groups in total. The second kappa shape index (κ2) is 5.85. The third-order valence-corrected chi connectivity index (χ3v) is 4.25. The molecule has 0 radical (unpaired) electrons. The highest BCUT2D eigenvalue weighted by molar-refractivity contribution is 5.82. The highest BCUT2D eigenvalue weighted by atomic mass is 16.5. The Morgan fingerprint density at radius 1 is 0.833 bits per heavy atom. The highest BCUT2D eigenvalue weighted by Gasteiger charge is 2.16. The number of methoxy groups -OCH3 is 1. The molecule has 0 spiro atoms. The average Bonchev–Trinajstić information content (AvgIpc) is 2.97. The van der Waals surface area contributed by atoms with Gasteiger partial charge in [-0.05, 0) is 30.7 Å². The first-order valence-corrected chi connectivity index (χ1v) is 7.96. The lowest BCUT2D eigenvalue weighted by atomic mass is 10.0. The predicted octanol–water partition coefficient (Wildman–Crippen LogP) is 5.01. The van der Waals surface area contributed by atoms with E-state index in [4.69, 9.17) is 4.74 Å². The molecule has 3 heteroatoms. The minimum atomic E-state index is 0.856. The normalized spacial score (nSPS) is 10.9. The van der Waals surface area contributed by atoms with E-state index in [0.717, 1.165) is 39.4 Å². The molecule has 0 aliphatic rings. The van der Waals surface area contributed by atoms with Crippen LogP contribution in [0.15, 0.2) is 72.8 Å². The van der Waals surface area contributed by atoms with Crippen molar-refractivity contribution in [1.29, 1.82) is 0 Å². The molecule has 1 aromatic heterocycles. The van der Waals surface area contributed by atoms with Gasteiger partial charge in [-0.1, -0.05) is 54.6 Å². The van der Waals surface area contributed by atoms with Crippen LogP contribution >= 0.6 is 0 Å². The summed E-state index contributed by atoms with van der Waals surface area (Å²) < 4.78 is 7.96. The summed E-state index contributed by atoms with van der Waals surface area (Å²) in [7, 11) is 1.72. The van der Waals surface area contributed by atoms with Crippen molar-refractivity contribution in [3.63, 3.8) is 0 Å². The fourth-order valence-corrected chi connectivity index (χ4v) is 3.21. The Labute approximate surface area is 141 Å². The second-order valence-corrected chi connectivity index (χ2v) is 5.71. The van der Waals surface area contributed by atoms with Crippen molar-refractivity contribution in [2.75, 3.05) is 7.11 Å². The van der Waals surface area contributed by atoms with Gasteiger partial charge in [-0.2, -0.15) is 0 Å². The second-order valence-electron chi connectivity index (χ2n) is 5.71. The quantitative estimate of drug-likeness (QED) is 0.531. The van der Waals surface area contributed by atoms with E-state index < -0.39 is 0 Å². The zero-order valence-electron chi connectivity index (χ0n) is 13.7. The summed E-state index contributed by atoms with van der Waals surface area (Å²) >= 11 is 0. The highest BCUT2D eigenvalue weighted by Crippen LogP contribution is 2.37. The Hall–Kier alpha value is -3.07. The van der Waals surface area contributed by atoms with E-state index in [0.29, 0.717) is 0 Å². The number of benzene rings is 3. The summed E-state index contributed by atoms with van der Waals surface area (Å²) in [5.41, 5.74) is 5.29. The van der Waals surface area contributed by atoms with Gasteiger partial charge in [0.05, 0.1) is 23.8 Å². The molecule has 0 amide bonds. The summed E-state index contributed by atoms with van der Waals surface area (Å²) in [6.45, 7) is 2.02. The van der Waals surface area contributed by atoms with Crippen LogP contribution < -0.4 is 4.74 Å².